The van der Waals surface area contributed by atoms with E-state index in [1.54, 1.807) is 12.3 Å². The van der Waals surface area contributed by atoms with Crippen molar-refractivity contribution >= 4 is 11.7 Å². The molecule has 0 aliphatic heterocycles. The first-order chi connectivity index (χ1) is 16.1. The molecule has 34 heavy (non-hydrogen) atoms. The van der Waals surface area contributed by atoms with E-state index < -0.39 is 24.3 Å². The number of anilines is 1. The largest absolute Gasteiger partial charge is 0.482 e. The molecule has 4 rings (SSSR count). The van der Waals surface area contributed by atoms with Crippen LogP contribution in [-0.4, -0.2) is 34.7 Å². The Morgan fingerprint density at radius 2 is 1.88 bits per heavy atom. The van der Waals surface area contributed by atoms with Crippen LogP contribution >= 0.6 is 0 Å². The van der Waals surface area contributed by atoms with Gasteiger partial charge in [0.05, 0.1) is 11.3 Å². The van der Waals surface area contributed by atoms with Crippen LogP contribution in [0.5, 0.6) is 5.75 Å². The molecule has 1 aliphatic rings. The minimum Gasteiger partial charge on any atom is -0.482 e. The predicted octanol–water partition coefficient (Wildman–Crippen LogP) is 5.45. The molecule has 1 aromatic heterocycles. The van der Waals surface area contributed by atoms with E-state index in [1.807, 2.05) is 31.0 Å². The summed E-state index contributed by atoms with van der Waals surface area (Å²) in [5, 5.41) is 8.79. The summed E-state index contributed by atoms with van der Waals surface area (Å²) in [6.07, 6.45) is -0.586. The molecule has 1 saturated carbocycles. The number of carboxylic acids is 1. The van der Waals surface area contributed by atoms with Gasteiger partial charge in [0.25, 0.3) is 0 Å². The van der Waals surface area contributed by atoms with Gasteiger partial charge in [-0.05, 0) is 55.7 Å². The second-order valence-electron chi connectivity index (χ2n) is 8.44. The Morgan fingerprint density at radius 1 is 1.18 bits per heavy atom. The molecule has 0 spiro atoms. The summed E-state index contributed by atoms with van der Waals surface area (Å²) in [5.74, 6) is 0.223. The van der Waals surface area contributed by atoms with Gasteiger partial charge in [0.15, 0.2) is 12.4 Å². The lowest BCUT2D eigenvalue weighted by atomic mass is 10.1. The van der Waals surface area contributed by atoms with Crippen LogP contribution in [0.1, 0.15) is 41.1 Å². The van der Waals surface area contributed by atoms with Crippen molar-refractivity contribution in [1.82, 2.24) is 9.97 Å². The number of aryl methyl sites for hydroxylation is 1. The number of carbonyl (C=O) groups is 1. The van der Waals surface area contributed by atoms with Crippen LogP contribution in [0.25, 0.3) is 11.4 Å². The summed E-state index contributed by atoms with van der Waals surface area (Å²) >= 11 is 0. The number of hydrogen-bond donors (Lipinski definition) is 1. The van der Waals surface area contributed by atoms with Crippen molar-refractivity contribution < 1.29 is 27.8 Å². The summed E-state index contributed by atoms with van der Waals surface area (Å²) in [6.45, 7) is 2.00. The van der Waals surface area contributed by atoms with Gasteiger partial charge in [0.2, 0.25) is 0 Å². The number of carboxylic acid groups (broad SMARTS) is 1. The molecule has 1 heterocycles. The van der Waals surface area contributed by atoms with E-state index in [-0.39, 0.29) is 0 Å². The number of hydrogen-bond acceptors (Lipinski definition) is 5. The molecule has 0 amide bonds. The maximum atomic E-state index is 12.9. The lowest BCUT2D eigenvalue weighted by Gasteiger charge is -2.22. The van der Waals surface area contributed by atoms with Crippen molar-refractivity contribution in [2.24, 2.45) is 0 Å². The first-order valence-corrected chi connectivity index (χ1v) is 10.8. The zero-order chi connectivity index (χ0) is 24.5. The molecule has 9 heteroatoms. The molecule has 6 nitrogen and oxygen atoms in total. The van der Waals surface area contributed by atoms with Gasteiger partial charge in [-0.1, -0.05) is 12.1 Å². The SMILES string of the molecule is Cc1cc(N(C)Cc2cnc(-c3ccc(C(F)(F)F)cc3)nc2C2CC2)ccc1OCC(=O)O. The Hall–Kier alpha value is -3.62. The third-order valence-electron chi connectivity index (χ3n) is 5.69. The predicted molar refractivity (Wildman–Crippen MR) is 121 cm³/mol. The molecular weight excluding hydrogens is 447 g/mol. The topological polar surface area (TPSA) is 75.5 Å². The van der Waals surface area contributed by atoms with Crippen molar-refractivity contribution in [2.45, 2.75) is 38.4 Å². The minimum absolute atomic E-state index is 0.327. The number of halogens is 3. The molecule has 0 bridgehead atoms. The fourth-order valence-electron chi connectivity index (χ4n) is 3.72. The van der Waals surface area contributed by atoms with Crippen molar-refractivity contribution in [3.8, 4) is 17.1 Å². The van der Waals surface area contributed by atoms with Crippen molar-refractivity contribution in [3.05, 3.63) is 71.0 Å². The van der Waals surface area contributed by atoms with Gasteiger partial charge in [-0.2, -0.15) is 13.2 Å². The van der Waals surface area contributed by atoms with E-state index in [2.05, 4.69) is 4.98 Å². The first-order valence-electron chi connectivity index (χ1n) is 10.8. The molecule has 1 aliphatic carbocycles. The van der Waals surface area contributed by atoms with E-state index in [0.29, 0.717) is 29.6 Å². The zero-order valence-corrected chi connectivity index (χ0v) is 18.8. The number of nitrogens with zero attached hydrogens (tertiary/aromatic N) is 3. The molecule has 0 saturated heterocycles. The lowest BCUT2D eigenvalue weighted by molar-refractivity contribution is -0.139. The molecule has 1 N–H and O–H groups in total. The summed E-state index contributed by atoms with van der Waals surface area (Å²) in [4.78, 5) is 21.9. The molecular formula is C25H24F3N3O3. The molecule has 3 aromatic rings. The van der Waals surface area contributed by atoms with Gasteiger partial charge in [-0.3, -0.25) is 0 Å². The molecule has 2 aromatic carbocycles. The van der Waals surface area contributed by atoms with Crippen molar-refractivity contribution in [3.63, 3.8) is 0 Å². The van der Waals surface area contributed by atoms with Gasteiger partial charge in [0, 0.05) is 42.5 Å². The average Bonchev–Trinajstić information content (AvgIpc) is 3.63. The van der Waals surface area contributed by atoms with E-state index in [9.17, 15) is 18.0 Å². The Kier molecular flexibility index (Phi) is 6.45. The number of ether oxygens (including phenoxy) is 1. The van der Waals surface area contributed by atoms with Crippen LogP contribution < -0.4 is 9.64 Å². The fourth-order valence-corrected chi connectivity index (χ4v) is 3.72. The normalized spacial score (nSPS) is 13.6. The quantitative estimate of drug-likeness (QED) is 0.471. The summed E-state index contributed by atoms with van der Waals surface area (Å²) in [7, 11) is 1.94. The van der Waals surface area contributed by atoms with Gasteiger partial charge in [-0.25, -0.2) is 14.8 Å². The van der Waals surface area contributed by atoms with Crippen LogP contribution in [0.15, 0.2) is 48.7 Å². The molecule has 0 atom stereocenters. The highest BCUT2D eigenvalue weighted by atomic mass is 19.4. The second kappa shape index (κ2) is 9.32. The monoisotopic (exact) mass is 471 g/mol. The number of aliphatic carboxylic acids is 1. The van der Waals surface area contributed by atoms with Crippen LogP contribution in [0.4, 0.5) is 18.9 Å². The van der Waals surface area contributed by atoms with Crippen LogP contribution in [-0.2, 0) is 17.5 Å². The highest BCUT2D eigenvalue weighted by Gasteiger charge is 2.31. The summed E-state index contributed by atoms with van der Waals surface area (Å²) < 4.78 is 43.9. The highest BCUT2D eigenvalue weighted by Crippen LogP contribution is 2.41. The van der Waals surface area contributed by atoms with Crippen molar-refractivity contribution in [2.75, 3.05) is 18.6 Å². The van der Waals surface area contributed by atoms with Gasteiger partial charge >= 0.3 is 12.1 Å². The van der Waals surface area contributed by atoms with Crippen molar-refractivity contribution in [1.29, 1.82) is 0 Å². The zero-order valence-electron chi connectivity index (χ0n) is 18.8. The van der Waals surface area contributed by atoms with Crippen LogP contribution in [0.2, 0.25) is 0 Å². The number of alkyl halides is 3. The van der Waals surface area contributed by atoms with Gasteiger partial charge in [-0.15, -0.1) is 0 Å². The molecule has 1 fully saturated rings. The smallest absolute Gasteiger partial charge is 0.416 e. The Balaban J connectivity index is 1.53. The van der Waals surface area contributed by atoms with Crippen LogP contribution in [0.3, 0.4) is 0 Å². The Labute approximate surface area is 195 Å². The summed E-state index contributed by atoms with van der Waals surface area (Å²) in [5.41, 5.74) is 3.48. The molecule has 0 unspecified atom stereocenters. The van der Waals surface area contributed by atoms with E-state index >= 15 is 0 Å². The standard InChI is InChI=1S/C25H24F3N3O3/c1-15-11-20(9-10-21(15)34-14-22(32)33)31(2)13-18-12-29-24(30-23(18)16-3-4-16)17-5-7-19(8-6-17)25(26,27)28/h5-12,16H,3-4,13-14H2,1-2H3,(H,32,33). The summed E-state index contributed by atoms with van der Waals surface area (Å²) in [6, 6.07) is 10.4. The third kappa shape index (κ3) is 5.47. The maximum Gasteiger partial charge on any atom is 0.416 e. The Morgan fingerprint density at radius 3 is 2.47 bits per heavy atom. The van der Waals surface area contributed by atoms with E-state index in [0.717, 1.165) is 47.5 Å². The fraction of sp³-hybridized carbons (Fsp3) is 0.320. The van der Waals surface area contributed by atoms with E-state index in [4.69, 9.17) is 14.8 Å². The third-order valence-corrected chi connectivity index (χ3v) is 5.69. The molecule has 0 radical (unpaired) electrons. The average molecular weight is 471 g/mol. The second-order valence-corrected chi connectivity index (χ2v) is 8.44. The number of benzene rings is 2. The first kappa shape index (κ1) is 23.5. The minimum atomic E-state index is -4.38. The molecule has 178 valence electrons. The van der Waals surface area contributed by atoms with Gasteiger partial charge < -0.3 is 14.7 Å². The lowest BCUT2D eigenvalue weighted by Crippen LogP contribution is -2.18. The van der Waals surface area contributed by atoms with E-state index in [1.165, 1.54) is 12.1 Å². The number of aromatic nitrogens is 2. The van der Waals surface area contributed by atoms with Gasteiger partial charge in [0.1, 0.15) is 5.75 Å². The number of rotatable bonds is 8. The van der Waals surface area contributed by atoms with Crippen LogP contribution in [0, 0.1) is 6.92 Å². The highest BCUT2D eigenvalue weighted by molar-refractivity contribution is 5.68. The maximum absolute atomic E-state index is 12.9. The Bertz CT molecular complexity index is 1190.